The lowest BCUT2D eigenvalue weighted by atomic mass is 10.0. The van der Waals surface area contributed by atoms with Crippen LogP contribution < -0.4 is 10.5 Å². The van der Waals surface area contributed by atoms with Crippen molar-refractivity contribution >= 4 is 5.97 Å². The number of esters is 1. The fourth-order valence-corrected chi connectivity index (χ4v) is 1.55. The number of hydrogen-bond donors (Lipinski definition) is 1. The van der Waals surface area contributed by atoms with Crippen LogP contribution in [0.3, 0.4) is 0 Å². The van der Waals surface area contributed by atoms with E-state index in [1.54, 1.807) is 6.07 Å². The average molecular weight is 288 g/mol. The van der Waals surface area contributed by atoms with E-state index >= 15 is 0 Å². The summed E-state index contributed by atoms with van der Waals surface area (Å²) in [4.78, 5) is 11.2. The molecule has 0 bridgehead atoms. The molecule has 108 valence electrons. The van der Waals surface area contributed by atoms with Crippen LogP contribution in [0.15, 0.2) is 12.1 Å². The number of rotatable bonds is 4. The lowest BCUT2D eigenvalue weighted by Crippen LogP contribution is -2.19. The number of benzene rings is 1. The predicted octanol–water partition coefficient (Wildman–Crippen LogP) is 1.63. The van der Waals surface area contributed by atoms with Gasteiger partial charge in [0.15, 0.2) is 0 Å². The van der Waals surface area contributed by atoms with Gasteiger partial charge in [-0.2, -0.15) is 5.26 Å². The Morgan fingerprint density at radius 3 is 2.50 bits per heavy atom. The molecule has 0 aliphatic heterocycles. The van der Waals surface area contributed by atoms with Crippen molar-refractivity contribution < 1.29 is 27.4 Å². The molecule has 0 aromatic heterocycles. The molecule has 2 N–H and O–H groups in total. The first kappa shape index (κ1) is 15.8. The second-order valence-corrected chi connectivity index (χ2v) is 3.73. The molecule has 1 rings (SSSR count). The van der Waals surface area contributed by atoms with Crippen molar-refractivity contribution in [1.82, 2.24) is 0 Å². The largest absolute Gasteiger partial charge is 0.573 e. The molecule has 1 aromatic carbocycles. The minimum absolute atomic E-state index is 0.105. The summed E-state index contributed by atoms with van der Waals surface area (Å²) in [6.45, 7) is -0.105. The van der Waals surface area contributed by atoms with Crippen LogP contribution in [0.2, 0.25) is 0 Å². The molecule has 0 amide bonds. The van der Waals surface area contributed by atoms with E-state index in [4.69, 9.17) is 11.0 Å². The van der Waals surface area contributed by atoms with Gasteiger partial charge in [-0.1, -0.05) is 0 Å². The van der Waals surface area contributed by atoms with Gasteiger partial charge in [0.05, 0.1) is 19.1 Å². The summed E-state index contributed by atoms with van der Waals surface area (Å²) in [5.74, 6) is -1.23. The smallest absolute Gasteiger partial charge is 0.469 e. The number of nitrogens with two attached hydrogens (primary N) is 1. The van der Waals surface area contributed by atoms with Crippen LogP contribution in [0.5, 0.6) is 5.75 Å². The Balaban J connectivity index is 3.24. The average Bonchev–Trinajstić information content (AvgIpc) is 2.37. The zero-order chi connectivity index (χ0) is 15.3. The summed E-state index contributed by atoms with van der Waals surface area (Å²) in [6.07, 6.45) is -5.11. The summed E-state index contributed by atoms with van der Waals surface area (Å²) in [7, 11) is 1.18. The van der Waals surface area contributed by atoms with Crippen molar-refractivity contribution in [2.45, 2.75) is 19.3 Å². The minimum atomic E-state index is -4.92. The van der Waals surface area contributed by atoms with E-state index in [9.17, 15) is 18.0 Å². The van der Waals surface area contributed by atoms with Crippen LogP contribution in [-0.2, 0) is 22.5 Å². The molecule has 0 atom stereocenters. The number of hydrogen-bond acceptors (Lipinski definition) is 5. The van der Waals surface area contributed by atoms with Crippen LogP contribution in [0.4, 0.5) is 13.2 Å². The normalized spacial score (nSPS) is 10.8. The van der Waals surface area contributed by atoms with E-state index in [1.165, 1.54) is 7.11 Å². The molecule has 0 heterocycles. The first-order valence-corrected chi connectivity index (χ1v) is 5.39. The number of nitrogens with zero attached hydrogens (tertiary/aromatic N) is 1. The lowest BCUT2D eigenvalue weighted by Gasteiger charge is -2.14. The number of methoxy groups -OCH3 is 1. The highest BCUT2D eigenvalue weighted by Crippen LogP contribution is 2.29. The molecule has 1 aromatic rings. The first-order chi connectivity index (χ1) is 9.30. The van der Waals surface area contributed by atoms with Crippen LogP contribution in [0, 0.1) is 11.3 Å². The standard InChI is InChI=1S/C12H11F3N2O3/c1-19-11(18)4-7-2-9(6-17)10(3-8(7)5-16)20-12(13,14)15/h2-3H,4-5,16H2,1H3. The van der Waals surface area contributed by atoms with Gasteiger partial charge in [-0.3, -0.25) is 4.79 Å². The fraction of sp³-hybridized carbons (Fsp3) is 0.333. The molecule has 0 aliphatic carbocycles. The van der Waals surface area contributed by atoms with Crippen LogP contribution in [0.1, 0.15) is 16.7 Å². The summed E-state index contributed by atoms with van der Waals surface area (Å²) in [5.41, 5.74) is 5.68. The minimum Gasteiger partial charge on any atom is -0.469 e. The molecule has 8 heteroatoms. The van der Waals surface area contributed by atoms with E-state index in [2.05, 4.69) is 9.47 Å². The third kappa shape index (κ3) is 4.13. The molecule has 20 heavy (non-hydrogen) atoms. The van der Waals surface area contributed by atoms with Crippen molar-refractivity contribution in [2.75, 3.05) is 7.11 Å². The summed E-state index contributed by atoms with van der Waals surface area (Å²) < 4.78 is 44.9. The van der Waals surface area contributed by atoms with Gasteiger partial charge in [-0.05, 0) is 23.3 Å². The van der Waals surface area contributed by atoms with E-state index in [1.807, 2.05) is 0 Å². The van der Waals surface area contributed by atoms with E-state index in [-0.39, 0.29) is 24.1 Å². The summed E-state index contributed by atoms with van der Waals surface area (Å²) >= 11 is 0. The Morgan fingerprint density at radius 2 is 2.05 bits per heavy atom. The van der Waals surface area contributed by atoms with Gasteiger partial charge in [0, 0.05) is 6.54 Å². The second-order valence-electron chi connectivity index (χ2n) is 3.73. The Hall–Kier alpha value is -2.27. The molecule has 0 saturated carbocycles. The fourth-order valence-electron chi connectivity index (χ4n) is 1.55. The van der Waals surface area contributed by atoms with Crippen LogP contribution in [0.25, 0.3) is 0 Å². The van der Waals surface area contributed by atoms with Gasteiger partial charge in [0.1, 0.15) is 11.8 Å². The second kappa shape index (κ2) is 6.25. The highest BCUT2D eigenvalue weighted by atomic mass is 19.4. The van der Waals surface area contributed by atoms with Crippen LogP contribution >= 0.6 is 0 Å². The number of halogens is 3. The molecule has 0 radical (unpaired) electrons. The molecule has 0 fully saturated rings. The van der Waals surface area contributed by atoms with Gasteiger partial charge < -0.3 is 15.2 Å². The topological polar surface area (TPSA) is 85.3 Å². The highest BCUT2D eigenvalue weighted by Gasteiger charge is 2.32. The van der Waals surface area contributed by atoms with Crippen molar-refractivity contribution in [3.63, 3.8) is 0 Å². The predicted molar refractivity (Wildman–Crippen MR) is 61.5 cm³/mol. The maximum Gasteiger partial charge on any atom is 0.573 e. The first-order valence-electron chi connectivity index (χ1n) is 5.39. The van der Waals surface area contributed by atoms with Gasteiger partial charge in [-0.15, -0.1) is 13.2 Å². The van der Waals surface area contributed by atoms with Crippen molar-refractivity contribution in [1.29, 1.82) is 5.26 Å². The molecule has 0 spiro atoms. The van der Waals surface area contributed by atoms with Crippen LogP contribution in [-0.4, -0.2) is 19.4 Å². The maximum atomic E-state index is 12.2. The van der Waals surface area contributed by atoms with Gasteiger partial charge >= 0.3 is 12.3 Å². The molecular weight excluding hydrogens is 277 g/mol. The molecular formula is C12H11F3N2O3. The Kier molecular flexibility index (Phi) is 4.94. The quantitative estimate of drug-likeness (QED) is 0.851. The Bertz CT molecular complexity index is 550. The SMILES string of the molecule is COC(=O)Cc1cc(C#N)c(OC(F)(F)F)cc1CN. The van der Waals surface area contributed by atoms with Gasteiger partial charge in [0.25, 0.3) is 0 Å². The number of ether oxygens (including phenoxy) is 2. The third-order valence-electron chi connectivity index (χ3n) is 2.43. The molecule has 0 unspecified atom stereocenters. The number of carbonyl (C=O) groups excluding carboxylic acids is 1. The summed E-state index contributed by atoms with van der Waals surface area (Å²) in [5, 5.41) is 8.85. The van der Waals surface area contributed by atoms with E-state index in [0.29, 0.717) is 5.56 Å². The lowest BCUT2D eigenvalue weighted by molar-refractivity contribution is -0.274. The van der Waals surface area contributed by atoms with Gasteiger partial charge in [-0.25, -0.2) is 0 Å². The van der Waals surface area contributed by atoms with Gasteiger partial charge in [0.2, 0.25) is 0 Å². The summed E-state index contributed by atoms with van der Waals surface area (Å²) in [6, 6.07) is 3.73. The van der Waals surface area contributed by atoms with Crippen molar-refractivity contribution in [2.24, 2.45) is 5.73 Å². The zero-order valence-corrected chi connectivity index (χ0v) is 10.5. The Labute approximate surface area is 112 Å². The Morgan fingerprint density at radius 1 is 1.40 bits per heavy atom. The van der Waals surface area contributed by atoms with Crippen molar-refractivity contribution in [3.8, 4) is 11.8 Å². The number of nitriles is 1. The maximum absolute atomic E-state index is 12.2. The number of carbonyl (C=O) groups is 1. The van der Waals surface area contributed by atoms with E-state index < -0.39 is 18.1 Å². The third-order valence-corrected chi connectivity index (χ3v) is 2.43. The van der Waals surface area contributed by atoms with E-state index in [0.717, 1.165) is 12.1 Å². The highest BCUT2D eigenvalue weighted by molar-refractivity contribution is 5.73. The molecule has 0 aliphatic rings. The monoisotopic (exact) mass is 288 g/mol. The molecule has 5 nitrogen and oxygen atoms in total. The molecule has 0 saturated heterocycles. The number of alkyl halides is 3. The zero-order valence-electron chi connectivity index (χ0n) is 10.5. The van der Waals surface area contributed by atoms with Crippen molar-refractivity contribution in [3.05, 3.63) is 28.8 Å².